The Bertz CT molecular complexity index is 713. The summed E-state index contributed by atoms with van der Waals surface area (Å²) in [5.41, 5.74) is 2.54. The number of likely N-dealkylation sites (tertiary alicyclic amines) is 2. The van der Waals surface area contributed by atoms with E-state index < -0.39 is 12.7 Å². The highest BCUT2D eigenvalue weighted by molar-refractivity contribution is 14.0. The third kappa shape index (κ3) is 8.76. The van der Waals surface area contributed by atoms with E-state index in [1.807, 2.05) is 6.07 Å². The summed E-state index contributed by atoms with van der Waals surface area (Å²) in [5.74, 6) is 1.38. The zero-order valence-electron chi connectivity index (χ0n) is 18.4. The fraction of sp³-hybridized carbons (Fsp3) is 0.682. The van der Waals surface area contributed by atoms with Gasteiger partial charge in [0.1, 0.15) is 0 Å². The van der Waals surface area contributed by atoms with Crippen LogP contribution in [0.4, 0.5) is 13.2 Å². The van der Waals surface area contributed by atoms with Crippen LogP contribution in [0, 0.1) is 5.92 Å². The molecule has 0 bridgehead atoms. The fourth-order valence-corrected chi connectivity index (χ4v) is 4.47. The molecule has 0 spiro atoms. The molecule has 2 aliphatic rings. The van der Waals surface area contributed by atoms with E-state index in [1.54, 1.807) is 7.05 Å². The Morgan fingerprint density at radius 3 is 2.52 bits per heavy atom. The summed E-state index contributed by atoms with van der Waals surface area (Å²) in [4.78, 5) is 8.23. The molecule has 2 aliphatic heterocycles. The van der Waals surface area contributed by atoms with Crippen LogP contribution in [0.15, 0.2) is 29.3 Å². The first-order chi connectivity index (χ1) is 14.3. The fourth-order valence-electron chi connectivity index (χ4n) is 4.47. The second kappa shape index (κ2) is 12.2. The number of piperidine rings is 1. The lowest BCUT2D eigenvalue weighted by Gasteiger charge is -2.31. The summed E-state index contributed by atoms with van der Waals surface area (Å²) >= 11 is 0. The normalized spacial score (nSPS) is 23.5. The molecule has 2 saturated heterocycles. The SMILES string of the molecule is CN=C(NCc1ccccc1CN1CCCC(C)C1)NC1CCN(CC(F)(F)F)C1.I. The summed E-state index contributed by atoms with van der Waals surface area (Å²) < 4.78 is 37.8. The van der Waals surface area contributed by atoms with Gasteiger partial charge in [0.2, 0.25) is 0 Å². The zero-order valence-corrected chi connectivity index (χ0v) is 20.7. The van der Waals surface area contributed by atoms with Crippen LogP contribution in [-0.2, 0) is 13.1 Å². The minimum atomic E-state index is -4.15. The van der Waals surface area contributed by atoms with Crippen molar-refractivity contribution < 1.29 is 13.2 Å². The van der Waals surface area contributed by atoms with Crippen LogP contribution in [0.2, 0.25) is 0 Å². The van der Waals surface area contributed by atoms with Crippen molar-refractivity contribution in [2.75, 3.05) is 39.8 Å². The van der Waals surface area contributed by atoms with Crippen molar-refractivity contribution in [3.05, 3.63) is 35.4 Å². The van der Waals surface area contributed by atoms with E-state index in [2.05, 4.69) is 45.6 Å². The van der Waals surface area contributed by atoms with E-state index in [0.717, 1.165) is 25.6 Å². The van der Waals surface area contributed by atoms with E-state index in [0.29, 0.717) is 32.0 Å². The molecule has 2 heterocycles. The smallest absolute Gasteiger partial charge is 0.352 e. The van der Waals surface area contributed by atoms with Crippen LogP contribution >= 0.6 is 24.0 Å². The van der Waals surface area contributed by atoms with Crippen LogP contribution in [0.5, 0.6) is 0 Å². The van der Waals surface area contributed by atoms with Gasteiger partial charge in [-0.2, -0.15) is 13.2 Å². The minimum absolute atomic E-state index is 0. The van der Waals surface area contributed by atoms with Gasteiger partial charge in [0.05, 0.1) is 6.54 Å². The summed E-state index contributed by atoms with van der Waals surface area (Å²) in [7, 11) is 1.69. The van der Waals surface area contributed by atoms with E-state index in [9.17, 15) is 13.2 Å². The average Bonchev–Trinajstić information content (AvgIpc) is 3.11. The first-order valence-corrected chi connectivity index (χ1v) is 10.9. The van der Waals surface area contributed by atoms with Crippen molar-refractivity contribution in [3.8, 4) is 0 Å². The maximum atomic E-state index is 12.6. The molecule has 31 heavy (non-hydrogen) atoms. The predicted octanol–water partition coefficient (Wildman–Crippen LogP) is 3.84. The monoisotopic (exact) mass is 553 g/mol. The number of hydrogen-bond acceptors (Lipinski definition) is 3. The number of benzene rings is 1. The van der Waals surface area contributed by atoms with E-state index in [1.165, 1.54) is 28.9 Å². The van der Waals surface area contributed by atoms with Crippen molar-refractivity contribution in [2.45, 2.75) is 51.5 Å². The molecule has 2 N–H and O–H groups in total. The third-order valence-electron chi connectivity index (χ3n) is 5.94. The van der Waals surface area contributed by atoms with Gasteiger partial charge in [0.25, 0.3) is 0 Å². The van der Waals surface area contributed by atoms with Crippen LogP contribution in [0.25, 0.3) is 0 Å². The molecular formula is C22H35F3IN5. The Balaban J connectivity index is 0.00000341. The first-order valence-electron chi connectivity index (χ1n) is 10.9. The molecule has 0 saturated carbocycles. The predicted molar refractivity (Wildman–Crippen MR) is 130 cm³/mol. The lowest BCUT2D eigenvalue weighted by atomic mass is 9.99. The van der Waals surface area contributed by atoms with Gasteiger partial charge in [-0.3, -0.25) is 14.8 Å². The second-order valence-corrected chi connectivity index (χ2v) is 8.66. The van der Waals surface area contributed by atoms with Crippen molar-refractivity contribution in [1.82, 2.24) is 20.4 Å². The molecule has 0 radical (unpaired) electrons. The van der Waals surface area contributed by atoms with Crippen LogP contribution in [0.3, 0.4) is 0 Å². The second-order valence-electron chi connectivity index (χ2n) is 8.66. The molecule has 0 aliphatic carbocycles. The molecule has 2 unspecified atom stereocenters. The molecule has 3 rings (SSSR count). The summed E-state index contributed by atoms with van der Waals surface area (Å²) in [5, 5.41) is 6.62. The van der Waals surface area contributed by atoms with E-state index >= 15 is 0 Å². The highest BCUT2D eigenvalue weighted by Crippen LogP contribution is 2.21. The minimum Gasteiger partial charge on any atom is -0.352 e. The number of nitrogens with one attached hydrogen (secondary N) is 2. The molecule has 0 amide bonds. The van der Waals surface area contributed by atoms with Gasteiger partial charge in [0.15, 0.2) is 5.96 Å². The Labute approximate surface area is 200 Å². The number of guanidine groups is 1. The maximum Gasteiger partial charge on any atom is 0.401 e. The number of alkyl halides is 3. The van der Waals surface area contributed by atoms with Crippen LogP contribution in [0.1, 0.15) is 37.3 Å². The van der Waals surface area contributed by atoms with Crippen LogP contribution in [-0.4, -0.2) is 67.7 Å². The topological polar surface area (TPSA) is 42.9 Å². The van der Waals surface area contributed by atoms with Gasteiger partial charge in [-0.15, -0.1) is 24.0 Å². The summed E-state index contributed by atoms with van der Waals surface area (Å²) in [6.07, 6.45) is -0.903. The van der Waals surface area contributed by atoms with E-state index in [-0.39, 0.29) is 30.0 Å². The molecule has 9 heteroatoms. The average molecular weight is 553 g/mol. The molecule has 176 valence electrons. The standard InChI is InChI=1S/C22H34F3N5.HI/c1-17-6-5-10-29(13-17)14-19-8-4-3-7-18(19)12-27-21(26-2)28-20-9-11-30(15-20)16-22(23,24)25;/h3-4,7-8,17,20H,5-6,9-16H2,1-2H3,(H2,26,27,28);1H. The molecule has 2 atom stereocenters. The largest absolute Gasteiger partial charge is 0.401 e. The summed E-state index contributed by atoms with van der Waals surface area (Å²) in [6.45, 7) is 6.16. The number of rotatable bonds is 6. The van der Waals surface area contributed by atoms with Crippen molar-refractivity contribution in [1.29, 1.82) is 0 Å². The van der Waals surface area contributed by atoms with Crippen molar-refractivity contribution in [2.24, 2.45) is 10.9 Å². The van der Waals surface area contributed by atoms with Crippen molar-refractivity contribution >= 4 is 29.9 Å². The maximum absolute atomic E-state index is 12.6. The highest BCUT2D eigenvalue weighted by Gasteiger charge is 2.34. The summed E-state index contributed by atoms with van der Waals surface area (Å²) in [6, 6.07) is 8.40. The lowest BCUT2D eigenvalue weighted by molar-refractivity contribution is -0.143. The van der Waals surface area contributed by atoms with Gasteiger partial charge in [-0.25, -0.2) is 0 Å². The number of halogens is 4. The lowest BCUT2D eigenvalue weighted by Crippen LogP contribution is -2.45. The molecule has 2 fully saturated rings. The molecule has 0 aromatic heterocycles. The van der Waals surface area contributed by atoms with Gasteiger partial charge in [-0.05, 0) is 42.9 Å². The quantitative estimate of drug-likeness (QED) is 0.320. The Morgan fingerprint density at radius 1 is 1.10 bits per heavy atom. The Hall–Kier alpha value is -1.07. The number of hydrogen-bond donors (Lipinski definition) is 2. The molecule has 1 aromatic rings. The van der Waals surface area contributed by atoms with Gasteiger partial charge in [-0.1, -0.05) is 31.2 Å². The number of nitrogens with zero attached hydrogens (tertiary/aromatic N) is 3. The Morgan fingerprint density at radius 2 is 1.84 bits per heavy atom. The van der Waals surface area contributed by atoms with Gasteiger partial charge >= 0.3 is 6.18 Å². The van der Waals surface area contributed by atoms with Gasteiger partial charge in [0, 0.05) is 45.8 Å². The van der Waals surface area contributed by atoms with Gasteiger partial charge < -0.3 is 10.6 Å². The number of aliphatic imine (C=N–C) groups is 1. The first kappa shape index (κ1) is 26.2. The highest BCUT2D eigenvalue weighted by atomic mass is 127. The Kier molecular flexibility index (Phi) is 10.3. The third-order valence-corrected chi connectivity index (χ3v) is 5.94. The zero-order chi connectivity index (χ0) is 21.6. The molecule has 5 nitrogen and oxygen atoms in total. The van der Waals surface area contributed by atoms with Crippen LogP contribution < -0.4 is 10.6 Å². The molecular weight excluding hydrogens is 518 g/mol. The molecule has 1 aromatic carbocycles. The van der Waals surface area contributed by atoms with E-state index in [4.69, 9.17) is 0 Å². The van der Waals surface area contributed by atoms with Crippen molar-refractivity contribution in [3.63, 3.8) is 0 Å².